The largest absolute Gasteiger partial charge is 0.380 e. The number of hydrogen-bond acceptors (Lipinski definition) is 8. The van der Waals surface area contributed by atoms with E-state index in [0.717, 1.165) is 31.2 Å². The van der Waals surface area contributed by atoms with E-state index < -0.39 is 15.9 Å². The van der Waals surface area contributed by atoms with Crippen LogP contribution in [0, 0.1) is 13.8 Å². The maximum Gasteiger partial charge on any atom is 0.251 e. The summed E-state index contributed by atoms with van der Waals surface area (Å²) in [6, 6.07) is 14.0. The zero-order valence-electron chi connectivity index (χ0n) is 24.8. The number of nitrogens with zero attached hydrogens (tertiary/aromatic N) is 3. The number of nitrogens with two attached hydrogens (primary N) is 1. The number of sulfonamides is 1. The van der Waals surface area contributed by atoms with Gasteiger partial charge in [-0.3, -0.25) is 4.79 Å². The number of nitrogens with one attached hydrogen (secondary N) is 2. The van der Waals surface area contributed by atoms with Gasteiger partial charge in [-0.1, -0.05) is 48.4 Å². The molecular weight excluding hydrogens is 632 g/mol. The fourth-order valence-electron chi connectivity index (χ4n) is 5.18. The highest BCUT2D eigenvalue weighted by molar-refractivity contribution is 9.10. The van der Waals surface area contributed by atoms with Crippen molar-refractivity contribution in [2.24, 2.45) is 5.73 Å². The molecule has 1 fully saturated rings. The highest BCUT2D eigenvalue weighted by Gasteiger charge is 2.28. The Morgan fingerprint density at radius 3 is 2.60 bits per heavy atom. The Morgan fingerprint density at radius 1 is 1.09 bits per heavy atom. The summed E-state index contributed by atoms with van der Waals surface area (Å²) in [7, 11) is -3.38. The number of amides is 1. The molecule has 2 heterocycles. The molecule has 43 heavy (non-hydrogen) atoms. The lowest BCUT2D eigenvalue weighted by molar-refractivity contribution is 0.100. The van der Waals surface area contributed by atoms with Crippen LogP contribution in [-0.2, 0) is 21.2 Å². The third-order valence-corrected chi connectivity index (χ3v) is 9.93. The minimum absolute atomic E-state index is 0.00844. The fourth-order valence-corrected chi connectivity index (χ4v) is 6.83. The van der Waals surface area contributed by atoms with Gasteiger partial charge in [0.2, 0.25) is 16.0 Å². The van der Waals surface area contributed by atoms with Crippen LogP contribution in [0.25, 0.3) is 0 Å². The van der Waals surface area contributed by atoms with E-state index in [1.165, 1.54) is 11.1 Å². The molecule has 4 N–H and O–H groups in total. The van der Waals surface area contributed by atoms with Crippen LogP contribution in [0.1, 0.15) is 59.2 Å². The Morgan fingerprint density at radius 2 is 1.86 bits per heavy atom. The van der Waals surface area contributed by atoms with Gasteiger partial charge in [0.05, 0.1) is 28.1 Å². The predicted molar refractivity (Wildman–Crippen MR) is 174 cm³/mol. The second-order valence-electron chi connectivity index (χ2n) is 10.9. The molecule has 1 amide bonds. The average molecular weight is 674 g/mol. The SMILES string of the molecule is Cc1cccc(CCCCCOCCS(=O)(=O)N2CCC(Nc3ncc(Br)c(Nc4cccc(C)c4C(N)=O)n3)CC2)c1. The number of anilines is 3. The van der Waals surface area contributed by atoms with Crippen molar-refractivity contribution in [3.05, 3.63) is 75.4 Å². The third-order valence-electron chi connectivity index (χ3n) is 7.52. The van der Waals surface area contributed by atoms with Crippen LogP contribution in [0.3, 0.4) is 0 Å². The van der Waals surface area contributed by atoms with Gasteiger partial charge in [0.15, 0.2) is 0 Å². The Balaban J connectivity index is 1.18. The van der Waals surface area contributed by atoms with Crippen LogP contribution in [0.2, 0.25) is 0 Å². The zero-order valence-corrected chi connectivity index (χ0v) is 27.2. The molecule has 4 rings (SSSR count). The van der Waals surface area contributed by atoms with Crippen molar-refractivity contribution < 1.29 is 17.9 Å². The topological polar surface area (TPSA) is 140 Å². The van der Waals surface area contributed by atoms with E-state index in [1.807, 2.05) is 19.1 Å². The Hall–Kier alpha value is -3.06. The summed E-state index contributed by atoms with van der Waals surface area (Å²) in [5.41, 5.74) is 9.94. The van der Waals surface area contributed by atoms with Crippen molar-refractivity contribution in [1.82, 2.24) is 14.3 Å². The predicted octanol–water partition coefficient (Wildman–Crippen LogP) is 5.33. The average Bonchev–Trinajstić information content (AvgIpc) is 2.96. The summed E-state index contributed by atoms with van der Waals surface area (Å²) < 4.78 is 33.6. The number of ether oxygens (including phenoxy) is 1. The summed E-state index contributed by atoms with van der Waals surface area (Å²) in [6.45, 7) is 5.56. The normalized spacial score (nSPS) is 14.5. The van der Waals surface area contributed by atoms with Crippen LogP contribution in [-0.4, -0.2) is 66.7 Å². The molecule has 3 aromatic rings. The van der Waals surface area contributed by atoms with E-state index in [0.29, 0.717) is 60.0 Å². The van der Waals surface area contributed by atoms with Crippen LogP contribution in [0.15, 0.2) is 53.1 Å². The minimum Gasteiger partial charge on any atom is -0.380 e. The van der Waals surface area contributed by atoms with Crippen molar-refractivity contribution in [3.8, 4) is 0 Å². The lowest BCUT2D eigenvalue weighted by Gasteiger charge is -2.31. The van der Waals surface area contributed by atoms with E-state index in [-0.39, 0.29) is 18.4 Å². The van der Waals surface area contributed by atoms with E-state index in [2.05, 4.69) is 67.7 Å². The molecule has 0 unspecified atom stereocenters. The number of carbonyl (C=O) groups is 1. The first kappa shape index (κ1) is 32.8. The maximum atomic E-state index is 12.9. The molecule has 0 atom stereocenters. The molecule has 0 spiro atoms. The van der Waals surface area contributed by atoms with E-state index >= 15 is 0 Å². The molecule has 1 aliphatic heterocycles. The minimum atomic E-state index is -3.38. The van der Waals surface area contributed by atoms with Gasteiger partial charge >= 0.3 is 0 Å². The molecule has 0 saturated carbocycles. The van der Waals surface area contributed by atoms with E-state index in [4.69, 9.17) is 10.5 Å². The highest BCUT2D eigenvalue weighted by atomic mass is 79.9. The third kappa shape index (κ3) is 9.72. The number of carbonyl (C=O) groups excluding carboxylic acids is 1. The quantitative estimate of drug-likeness (QED) is 0.184. The molecule has 2 aromatic carbocycles. The summed E-state index contributed by atoms with van der Waals surface area (Å²) in [4.78, 5) is 20.9. The molecule has 0 radical (unpaired) electrons. The molecule has 1 aliphatic rings. The summed E-state index contributed by atoms with van der Waals surface area (Å²) in [6.07, 6.45) is 7.02. The summed E-state index contributed by atoms with van der Waals surface area (Å²) in [5.74, 6) is 0.359. The van der Waals surface area contributed by atoms with Crippen molar-refractivity contribution in [1.29, 1.82) is 0 Å². The van der Waals surface area contributed by atoms with Gasteiger partial charge < -0.3 is 21.1 Å². The highest BCUT2D eigenvalue weighted by Crippen LogP contribution is 2.28. The molecule has 10 nitrogen and oxygen atoms in total. The van der Waals surface area contributed by atoms with Crippen molar-refractivity contribution in [3.63, 3.8) is 0 Å². The summed E-state index contributed by atoms with van der Waals surface area (Å²) in [5, 5.41) is 6.50. The maximum absolute atomic E-state index is 12.9. The number of hydrogen-bond donors (Lipinski definition) is 3. The zero-order chi connectivity index (χ0) is 30.8. The number of aromatic nitrogens is 2. The molecule has 232 valence electrons. The van der Waals surface area contributed by atoms with Gasteiger partial charge in [0.25, 0.3) is 5.91 Å². The van der Waals surface area contributed by atoms with Crippen LogP contribution in [0.4, 0.5) is 17.5 Å². The summed E-state index contributed by atoms with van der Waals surface area (Å²) >= 11 is 3.46. The van der Waals surface area contributed by atoms with Gasteiger partial charge in [0, 0.05) is 31.9 Å². The van der Waals surface area contributed by atoms with Crippen molar-refractivity contribution in [2.75, 3.05) is 42.7 Å². The van der Waals surface area contributed by atoms with Crippen LogP contribution >= 0.6 is 15.9 Å². The standard InChI is InChI=1S/C31H41BrN6O4S/c1-22-8-6-11-24(20-22)10-4-3-5-17-42-18-19-43(40,41)38-15-13-25(14-16-38)35-31-34-21-26(32)30(37-31)36-27-12-7-9-23(2)28(27)29(33)39/h6-9,11-12,20-21,25H,3-5,10,13-19H2,1-2H3,(H2,33,39)(H2,34,35,36,37). The molecule has 1 saturated heterocycles. The number of benzene rings is 2. The molecule has 0 bridgehead atoms. The number of rotatable bonds is 15. The van der Waals surface area contributed by atoms with E-state index in [9.17, 15) is 13.2 Å². The first-order valence-corrected chi connectivity index (χ1v) is 17.1. The number of primary amides is 1. The first-order chi connectivity index (χ1) is 20.6. The van der Waals surface area contributed by atoms with Crippen LogP contribution in [0.5, 0.6) is 0 Å². The first-order valence-electron chi connectivity index (χ1n) is 14.7. The van der Waals surface area contributed by atoms with Crippen molar-refractivity contribution >= 4 is 49.3 Å². The molecular formula is C31H41BrN6O4S. The van der Waals surface area contributed by atoms with Gasteiger partial charge in [-0.05, 0) is 79.1 Å². The number of unbranched alkanes of at least 4 members (excludes halogenated alkanes) is 2. The Bertz CT molecular complexity index is 1500. The van der Waals surface area contributed by atoms with Crippen molar-refractivity contribution in [2.45, 2.75) is 58.4 Å². The molecule has 1 aromatic heterocycles. The van der Waals surface area contributed by atoms with E-state index in [1.54, 1.807) is 16.6 Å². The lowest BCUT2D eigenvalue weighted by atomic mass is 10.1. The number of halogens is 1. The second-order valence-corrected chi connectivity index (χ2v) is 13.9. The Labute approximate surface area is 263 Å². The Kier molecular flexibility index (Phi) is 11.9. The monoisotopic (exact) mass is 672 g/mol. The lowest BCUT2D eigenvalue weighted by Crippen LogP contribution is -2.44. The van der Waals surface area contributed by atoms with Gasteiger partial charge in [-0.2, -0.15) is 4.98 Å². The smallest absolute Gasteiger partial charge is 0.251 e. The van der Waals surface area contributed by atoms with Crippen LogP contribution < -0.4 is 16.4 Å². The fraction of sp³-hybridized carbons (Fsp3) is 0.452. The number of aryl methyl sites for hydroxylation is 3. The molecule has 12 heteroatoms. The van der Waals surface area contributed by atoms with Gasteiger partial charge in [0.1, 0.15) is 5.82 Å². The second kappa shape index (κ2) is 15.6. The van der Waals surface area contributed by atoms with Gasteiger partial charge in [-0.15, -0.1) is 0 Å². The van der Waals surface area contributed by atoms with Gasteiger partial charge in [-0.25, -0.2) is 17.7 Å². The number of piperidine rings is 1. The molecule has 0 aliphatic carbocycles.